The summed E-state index contributed by atoms with van der Waals surface area (Å²) in [7, 11) is 4.43. The Bertz CT molecular complexity index is 567. The molecule has 0 aliphatic rings. The number of thioether (sulfide) groups is 1. The lowest BCUT2D eigenvalue weighted by atomic mass is 10.1. The topological polar surface area (TPSA) is 83.1 Å². The second-order valence-corrected chi connectivity index (χ2v) is 5.96. The summed E-state index contributed by atoms with van der Waals surface area (Å²) in [5.41, 5.74) is 0.299. The molecule has 0 saturated carbocycles. The lowest BCUT2D eigenvalue weighted by molar-refractivity contribution is -0.145. The maximum Gasteiger partial charge on any atom is 0.328 e. The van der Waals surface area contributed by atoms with Crippen LogP contribution in [0.3, 0.4) is 0 Å². The average Bonchev–Trinajstić information content (AvgIpc) is 2.63. The molecule has 140 valence electrons. The molecule has 25 heavy (non-hydrogen) atoms. The van der Waals surface area contributed by atoms with Crippen LogP contribution < -0.4 is 19.5 Å². The van der Waals surface area contributed by atoms with E-state index in [0.29, 0.717) is 29.2 Å². The van der Waals surface area contributed by atoms with E-state index in [-0.39, 0.29) is 6.61 Å². The van der Waals surface area contributed by atoms with Crippen molar-refractivity contribution >= 4 is 23.6 Å². The van der Waals surface area contributed by atoms with Gasteiger partial charge in [0, 0.05) is 5.56 Å². The molecule has 8 heteroatoms. The Morgan fingerprint density at radius 3 is 2.16 bits per heavy atom. The van der Waals surface area contributed by atoms with Crippen LogP contribution in [-0.4, -0.2) is 57.9 Å². The molecule has 0 fully saturated rings. The molecule has 0 aliphatic heterocycles. The Morgan fingerprint density at radius 2 is 1.72 bits per heavy atom. The monoisotopic (exact) mass is 371 g/mol. The number of methoxy groups -OCH3 is 3. The van der Waals surface area contributed by atoms with Crippen LogP contribution in [0.25, 0.3) is 0 Å². The Labute approximate surface area is 152 Å². The summed E-state index contributed by atoms with van der Waals surface area (Å²) in [6.07, 6.45) is 2.42. The van der Waals surface area contributed by atoms with Crippen molar-refractivity contribution in [3.05, 3.63) is 17.7 Å². The number of carbonyl (C=O) groups is 2. The summed E-state index contributed by atoms with van der Waals surface area (Å²) in [5, 5.41) is 2.71. The first-order valence-corrected chi connectivity index (χ1v) is 9.18. The highest BCUT2D eigenvalue weighted by Crippen LogP contribution is 2.38. The Balaban J connectivity index is 3.05. The molecule has 0 bridgehead atoms. The molecule has 0 aromatic heterocycles. The maximum absolute atomic E-state index is 12.6. The van der Waals surface area contributed by atoms with E-state index in [1.165, 1.54) is 33.5 Å². The van der Waals surface area contributed by atoms with Gasteiger partial charge in [0.25, 0.3) is 5.91 Å². The Morgan fingerprint density at radius 1 is 1.12 bits per heavy atom. The van der Waals surface area contributed by atoms with Gasteiger partial charge >= 0.3 is 5.97 Å². The molecule has 1 amide bonds. The minimum absolute atomic E-state index is 0.259. The molecule has 1 rings (SSSR count). The van der Waals surface area contributed by atoms with Crippen molar-refractivity contribution in [3.63, 3.8) is 0 Å². The number of hydrogen-bond acceptors (Lipinski definition) is 7. The van der Waals surface area contributed by atoms with Gasteiger partial charge in [0.05, 0.1) is 27.9 Å². The van der Waals surface area contributed by atoms with Gasteiger partial charge in [-0.1, -0.05) is 0 Å². The van der Waals surface area contributed by atoms with E-state index in [2.05, 4.69) is 5.32 Å². The predicted octanol–water partition coefficient (Wildman–Crippen LogP) is 2.13. The average molecular weight is 371 g/mol. The predicted molar refractivity (Wildman–Crippen MR) is 97.0 cm³/mol. The van der Waals surface area contributed by atoms with Gasteiger partial charge in [-0.3, -0.25) is 4.79 Å². The van der Waals surface area contributed by atoms with Crippen molar-refractivity contribution in [1.29, 1.82) is 0 Å². The molecule has 0 heterocycles. The summed E-state index contributed by atoms with van der Waals surface area (Å²) < 4.78 is 20.8. The number of benzene rings is 1. The van der Waals surface area contributed by atoms with E-state index < -0.39 is 17.9 Å². The number of esters is 1. The zero-order valence-electron chi connectivity index (χ0n) is 15.2. The van der Waals surface area contributed by atoms with Gasteiger partial charge in [0.15, 0.2) is 11.5 Å². The Hall–Kier alpha value is -2.09. The highest BCUT2D eigenvalue weighted by Gasteiger charge is 2.24. The van der Waals surface area contributed by atoms with Gasteiger partial charge < -0.3 is 24.3 Å². The fourth-order valence-electron chi connectivity index (χ4n) is 2.18. The van der Waals surface area contributed by atoms with E-state index in [1.807, 2.05) is 6.26 Å². The van der Waals surface area contributed by atoms with Crippen LogP contribution in [0.1, 0.15) is 23.7 Å². The first-order chi connectivity index (χ1) is 12.0. The van der Waals surface area contributed by atoms with Crippen molar-refractivity contribution < 1.29 is 28.5 Å². The van der Waals surface area contributed by atoms with Gasteiger partial charge in [-0.15, -0.1) is 0 Å². The molecular weight excluding hydrogens is 346 g/mol. The number of nitrogens with one attached hydrogen (secondary N) is 1. The van der Waals surface area contributed by atoms with Crippen LogP contribution in [0.4, 0.5) is 0 Å². The minimum atomic E-state index is -0.709. The standard InChI is InChI=1S/C17H25NO6S/c1-6-24-17(20)12(7-8-25-5)18-16(19)11-9-13(21-2)15(23-4)14(10-11)22-3/h9-10,12H,6-8H2,1-5H3,(H,18,19)/t12-/m1/s1. The summed E-state index contributed by atoms with van der Waals surface area (Å²) >= 11 is 1.59. The quantitative estimate of drug-likeness (QED) is 0.631. The van der Waals surface area contributed by atoms with Crippen LogP contribution in [-0.2, 0) is 9.53 Å². The molecule has 7 nitrogen and oxygen atoms in total. The maximum atomic E-state index is 12.6. The molecule has 0 saturated heterocycles. The molecule has 1 N–H and O–H groups in total. The van der Waals surface area contributed by atoms with Gasteiger partial charge in [-0.2, -0.15) is 11.8 Å². The highest BCUT2D eigenvalue weighted by molar-refractivity contribution is 7.98. The Kier molecular flexibility index (Phi) is 8.98. The second-order valence-electron chi connectivity index (χ2n) is 4.97. The first-order valence-electron chi connectivity index (χ1n) is 7.78. The SMILES string of the molecule is CCOC(=O)[C@@H](CCSC)NC(=O)c1cc(OC)c(OC)c(OC)c1. The second kappa shape index (κ2) is 10.7. The summed E-state index contributed by atoms with van der Waals surface area (Å²) in [6, 6.07) is 2.36. The third-order valence-corrected chi connectivity index (χ3v) is 4.06. The third-order valence-electron chi connectivity index (χ3n) is 3.41. The summed E-state index contributed by atoms with van der Waals surface area (Å²) in [4.78, 5) is 24.6. The van der Waals surface area contributed by atoms with Gasteiger partial charge in [0.2, 0.25) is 5.75 Å². The van der Waals surface area contributed by atoms with E-state index in [1.54, 1.807) is 18.7 Å². The fourth-order valence-corrected chi connectivity index (χ4v) is 2.65. The molecule has 0 radical (unpaired) electrons. The summed E-state index contributed by atoms with van der Waals surface area (Å²) in [5.74, 6) is 0.980. The van der Waals surface area contributed by atoms with Crippen molar-refractivity contribution in [1.82, 2.24) is 5.32 Å². The third kappa shape index (κ3) is 5.74. The minimum Gasteiger partial charge on any atom is -0.493 e. The van der Waals surface area contributed by atoms with Crippen molar-refractivity contribution in [2.45, 2.75) is 19.4 Å². The number of rotatable bonds is 10. The van der Waals surface area contributed by atoms with E-state index in [9.17, 15) is 9.59 Å². The zero-order chi connectivity index (χ0) is 18.8. The van der Waals surface area contributed by atoms with Gasteiger partial charge in [-0.05, 0) is 37.5 Å². The van der Waals surface area contributed by atoms with Gasteiger partial charge in [-0.25, -0.2) is 4.79 Å². The normalized spacial score (nSPS) is 11.4. The van der Waals surface area contributed by atoms with Crippen molar-refractivity contribution in [2.24, 2.45) is 0 Å². The molecule has 0 unspecified atom stereocenters. The molecule has 1 aromatic carbocycles. The molecule has 0 aliphatic carbocycles. The molecular formula is C17H25NO6S. The lowest BCUT2D eigenvalue weighted by Crippen LogP contribution is -2.42. The van der Waals surface area contributed by atoms with Crippen LogP contribution >= 0.6 is 11.8 Å². The molecule has 0 spiro atoms. The largest absolute Gasteiger partial charge is 0.493 e. The zero-order valence-corrected chi connectivity index (χ0v) is 16.0. The van der Waals surface area contributed by atoms with Crippen LogP contribution in [0.2, 0.25) is 0 Å². The van der Waals surface area contributed by atoms with Gasteiger partial charge in [0.1, 0.15) is 6.04 Å². The highest BCUT2D eigenvalue weighted by atomic mass is 32.2. The fraction of sp³-hybridized carbons (Fsp3) is 0.529. The summed E-state index contributed by atoms with van der Waals surface area (Å²) in [6.45, 7) is 1.99. The van der Waals surface area contributed by atoms with E-state index >= 15 is 0 Å². The van der Waals surface area contributed by atoms with Crippen LogP contribution in [0, 0.1) is 0 Å². The van der Waals surface area contributed by atoms with Crippen molar-refractivity contribution in [3.8, 4) is 17.2 Å². The van der Waals surface area contributed by atoms with E-state index in [0.717, 1.165) is 5.75 Å². The number of ether oxygens (including phenoxy) is 4. The van der Waals surface area contributed by atoms with E-state index in [4.69, 9.17) is 18.9 Å². The molecule has 1 aromatic rings. The lowest BCUT2D eigenvalue weighted by Gasteiger charge is -2.18. The number of hydrogen-bond donors (Lipinski definition) is 1. The van der Waals surface area contributed by atoms with Crippen molar-refractivity contribution in [2.75, 3.05) is 39.9 Å². The smallest absolute Gasteiger partial charge is 0.328 e. The molecule has 1 atom stereocenters. The first kappa shape index (κ1) is 21.0. The van der Waals surface area contributed by atoms with Crippen LogP contribution in [0.5, 0.6) is 17.2 Å². The number of carbonyl (C=O) groups excluding carboxylic acids is 2. The number of amides is 1. The van der Waals surface area contributed by atoms with Crippen LogP contribution in [0.15, 0.2) is 12.1 Å².